The maximum atomic E-state index is 2.39. The van der Waals surface area contributed by atoms with Crippen LogP contribution in [0.15, 0.2) is 176 Å². The number of hydrogen-bond donors (Lipinski definition) is 0. The van der Waals surface area contributed by atoms with Crippen LogP contribution < -0.4 is 4.90 Å². The van der Waals surface area contributed by atoms with Crippen LogP contribution >= 0.6 is 0 Å². The van der Waals surface area contributed by atoms with Gasteiger partial charge in [0, 0.05) is 16.8 Å². The van der Waals surface area contributed by atoms with E-state index in [1.807, 2.05) is 0 Å². The molecule has 0 unspecified atom stereocenters. The van der Waals surface area contributed by atoms with Gasteiger partial charge >= 0.3 is 0 Å². The molecule has 1 nitrogen and oxygen atoms in total. The Morgan fingerprint density at radius 2 is 0.780 bits per heavy atom. The van der Waals surface area contributed by atoms with Crippen LogP contribution in [0.3, 0.4) is 0 Å². The van der Waals surface area contributed by atoms with Crippen molar-refractivity contribution in [3.63, 3.8) is 0 Å². The number of anilines is 3. The quantitative estimate of drug-likeness (QED) is 0.209. The van der Waals surface area contributed by atoms with Crippen molar-refractivity contribution in [3.05, 3.63) is 176 Å². The Morgan fingerprint density at radius 1 is 0.317 bits per heavy atom. The number of nitrogens with zero attached hydrogens (tertiary/aromatic N) is 1. The molecule has 0 aliphatic carbocycles. The molecule has 7 rings (SSSR count). The zero-order chi connectivity index (χ0) is 27.4. The summed E-state index contributed by atoms with van der Waals surface area (Å²) < 4.78 is 0. The molecule has 194 valence electrons. The summed E-state index contributed by atoms with van der Waals surface area (Å²) in [5.74, 6) is 0. The first kappa shape index (κ1) is 24.6. The monoisotopic (exact) mass is 523 g/mol. The molecule has 0 spiro atoms. The van der Waals surface area contributed by atoms with Crippen molar-refractivity contribution in [3.8, 4) is 33.4 Å². The van der Waals surface area contributed by atoms with Gasteiger partial charge in [-0.2, -0.15) is 0 Å². The van der Waals surface area contributed by atoms with Crippen molar-refractivity contribution in [2.24, 2.45) is 0 Å². The predicted molar refractivity (Wildman–Crippen MR) is 175 cm³/mol. The molecule has 0 atom stereocenters. The van der Waals surface area contributed by atoms with Gasteiger partial charge in [-0.3, -0.25) is 0 Å². The lowest BCUT2D eigenvalue weighted by atomic mass is 9.94. The van der Waals surface area contributed by atoms with Gasteiger partial charge in [0.1, 0.15) is 0 Å². The van der Waals surface area contributed by atoms with Crippen LogP contribution in [0.1, 0.15) is 0 Å². The van der Waals surface area contributed by atoms with E-state index in [0.29, 0.717) is 0 Å². The molecule has 0 aliphatic rings. The van der Waals surface area contributed by atoms with Gasteiger partial charge in [0.15, 0.2) is 0 Å². The highest BCUT2D eigenvalue weighted by Crippen LogP contribution is 2.44. The Morgan fingerprint density at radius 3 is 1.51 bits per heavy atom. The summed E-state index contributed by atoms with van der Waals surface area (Å²) in [6.07, 6.45) is 0. The first-order valence-electron chi connectivity index (χ1n) is 14.0. The number of rotatable bonds is 6. The van der Waals surface area contributed by atoms with Gasteiger partial charge in [-0.15, -0.1) is 0 Å². The third-order valence-electron chi connectivity index (χ3n) is 7.66. The minimum atomic E-state index is 1.12. The molecule has 7 aromatic carbocycles. The fourth-order valence-electron chi connectivity index (χ4n) is 5.76. The SMILES string of the molecule is c1ccc(-c2ccccc2N(c2ccccc2)c2ccccc2-c2cccc(-c3cccc4ccccc34)c2)cc1. The molecule has 0 aliphatic heterocycles. The minimum Gasteiger partial charge on any atom is -0.309 e. The lowest BCUT2D eigenvalue weighted by Gasteiger charge is -2.30. The summed E-state index contributed by atoms with van der Waals surface area (Å²) in [5, 5.41) is 2.52. The Bertz CT molecular complexity index is 1930. The van der Waals surface area contributed by atoms with Gasteiger partial charge in [-0.1, -0.05) is 146 Å². The van der Waals surface area contributed by atoms with Crippen molar-refractivity contribution in [1.29, 1.82) is 0 Å². The van der Waals surface area contributed by atoms with Crippen molar-refractivity contribution >= 4 is 27.8 Å². The van der Waals surface area contributed by atoms with Gasteiger partial charge in [-0.25, -0.2) is 0 Å². The average molecular weight is 524 g/mol. The van der Waals surface area contributed by atoms with Crippen LogP contribution in [0, 0.1) is 0 Å². The summed E-state index contributed by atoms with van der Waals surface area (Å²) in [4.78, 5) is 2.39. The standard InChI is InChI=1S/C40H29N/c1-3-15-31(16-4-1)37-24-9-11-27-39(37)41(34-21-5-2-6-22-34)40-28-12-10-25-38(40)33-20-13-19-32(29-33)36-26-14-18-30-17-7-8-23-35(30)36/h1-29H. The van der Waals surface area contributed by atoms with Crippen molar-refractivity contribution in [2.75, 3.05) is 4.90 Å². The molecule has 7 aromatic rings. The second kappa shape index (κ2) is 11.0. The molecule has 1 heteroatoms. The zero-order valence-corrected chi connectivity index (χ0v) is 22.7. The van der Waals surface area contributed by atoms with E-state index in [1.165, 1.54) is 44.2 Å². The van der Waals surface area contributed by atoms with Crippen LogP contribution in [0.5, 0.6) is 0 Å². The molecule has 0 amide bonds. The largest absolute Gasteiger partial charge is 0.309 e. The fourth-order valence-corrected chi connectivity index (χ4v) is 5.76. The summed E-state index contributed by atoms with van der Waals surface area (Å²) in [7, 11) is 0. The highest BCUT2D eigenvalue weighted by atomic mass is 15.1. The van der Waals surface area contributed by atoms with E-state index >= 15 is 0 Å². The number of benzene rings is 7. The second-order valence-electron chi connectivity index (χ2n) is 10.2. The molecule has 0 N–H and O–H groups in total. The van der Waals surface area contributed by atoms with Crippen molar-refractivity contribution in [1.82, 2.24) is 0 Å². The maximum absolute atomic E-state index is 2.39. The van der Waals surface area contributed by atoms with Gasteiger partial charge in [-0.05, 0) is 63.4 Å². The third-order valence-corrected chi connectivity index (χ3v) is 7.66. The average Bonchev–Trinajstić information content (AvgIpc) is 3.06. The molecule has 0 saturated heterocycles. The van der Waals surface area contributed by atoms with Gasteiger partial charge in [0.05, 0.1) is 11.4 Å². The molecule has 0 aromatic heterocycles. The van der Waals surface area contributed by atoms with Crippen LogP contribution in [-0.4, -0.2) is 0 Å². The molecule has 0 bridgehead atoms. The predicted octanol–water partition coefficient (Wildman–Crippen LogP) is 11.3. The first-order valence-corrected chi connectivity index (χ1v) is 14.0. The lowest BCUT2D eigenvalue weighted by molar-refractivity contribution is 1.28. The second-order valence-corrected chi connectivity index (χ2v) is 10.2. The number of hydrogen-bond acceptors (Lipinski definition) is 1. The van der Waals surface area contributed by atoms with E-state index in [1.54, 1.807) is 0 Å². The first-order chi connectivity index (χ1) is 20.4. The van der Waals surface area contributed by atoms with E-state index in [9.17, 15) is 0 Å². The molecule has 0 fully saturated rings. The van der Waals surface area contributed by atoms with E-state index in [4.69, 9.17) is 0 Å². The Hall–Kier alpha value is -5.40. The molecular weight excluding hydrogens is 494 g/mol. The van der Waals surface area contributed by atoms with E-state index < -0.39 is 0 Å². The molecule has 41 heavy (non-hydrogen) atoms. The van der Waals surface area contributed by atoms with E-state index in [-0.39, 0.29) is 0 Å². The maximum Gasteiger partial charge on any atom is 0.0540 e. The van der Waals surface area contributed by atoms with Gasteiger partial charge in [0.25, 0.3) is 0 Å². The smallest absolute Gasteiger partial charge is 0.0540 e. The van der Waals surface area contributed by atoms with E-state index in [0.717, 1.165) is 17.1 Å². The van der Waals surface area contributed by atoms with E-state index in [2.05, 4.69) is 181 Å². The van der Waals surface area contributed by atoms with Crippen LogP contribution in [0.25, 0.3) is 44.2 Å². The van der Waals surface area contributed by atoms with Crippen molar-refractivity contribution < 1.29 is 0 Å². The van der Waals surface area contributed by atoms with Gasteiger partial charge < -0.3 is 4.90 Å². The number of fused-ring (bicyclic) bond motifs is 1. The summed E-state index contributed by atoms with van der Waals surface area (Å²) in [6, 6.07) is 62.8. The number of para-hydroxylation sites is 3. The molecular formula is C40H29N. The normalized spacial score (nSPS) is 10.9. The van der Waals surface area contributed by atoms with Gasteiger partial charge in [0.2, 0.25) is 0 Å². The fraction of sp³-hybridized carbons (Fsp3) is 0. The van der Waals surface area contributed by atoms with Crippen molar-refractivity contribution in [2.45, 2.75) is 0 Å². The third kappa shape index (κ3) is 4.79. The molecule has 0 radical (unpaired) electrons. The minimum absolute atomic E-state index is 1.12. The van der Waals surface area contributed by atoms with Crippen LogP contribution in [0.2, 0.25) is 0 Å². The Balaban J connectivity index is 1.42. The summed E-state index contributed by atoms with van der Waals surface area (Å²) >= 11 is 0. The van der Waals surface area contributed by atoms with Crippen LogP contribution in [-0.2, 0) is 0 Å². The van der Waals surface area contributed by atoms with Crippen LogP contribution in [0.4, 0.5) is 17.1 Å². The molecule has 0 heterocycles. The Labute approximate surface area is 241 Å². The highest BCUT2D eigenvalue weighted by Gasteiger charge is 2.20. The topological polar surface area (TPSA) is 3.24 Å². The zero-order valence-electron chi connectivity index (χ0n) is 22.7. The summed E-state index contributed by atoms with van der Waals surface area (Å²) in [5.41, 5.74) is 10.6. The highest BCUT2D eigenvalue weighted by molar-refractivity contribution is 5.98. The molecule has 0 saturated carbocycles. The Kier molecular flexibility index (Phi) is 6.61. The summed E-state index contributed by atoms with van der Waals surface area (Å²) in [6.45, 7) is 0. The lowest BCUT2D eigenvalue weighted by Crippen LogP contribution is -2.12.